The zero-order valence-electron chi connectivity index (χ0n) is 10.5. The van der Waals surface area contributed by atoms with Crippen LogP contribution in [-0.2, 0) is 4.74 Å². The van der Waals surface area contributed by atoms with E-state index in [0.29, 0.717) is 32.3 Å². The van der Waals surface area contributed by atoms with Crippen molar-refractivity contribution in [1.82, 2.24) is 9.97 Å². The third kappa shape index (κ3) is 4.13. The van der Waals surface area contributed by atoms with Crippen LogP contribution in [0.1, 0.15) is 13.8 Å². The van der Waals surface area contributed by atoms with E-state index in [2.05, 4.69) is 20.6 Å². The van der Waals surface area contributed by atoms with E-state index in [-0.39, 0.29) is 11.5 Å². The lowest BCUT2D eigenvalue weighted by Gasteiger charge is -2.08. The summed E-state index contributed by atoms with van der Waals surface area (Å²) < 4.78 is 5.14. The topological polar surface area (TPSA) is 102 Å². The fourth-order valence-electron chi connectivity index (χ4n) is 1.27. The average Bonchev–Trinajstić information content (AvgIpc) is 2.35. The molecule has 1 aromatic heterocycles. The summed E-state index contributed by atoms with van der Waals surface area (Å²) in [6, 6.07) is 0. The van der Waals surface area contributed by atoms with Crippen molar-refractivity contribution in [3.63, 3.8) is 0 Å². The third-order valence-electron chi connectivity index (χ3n) is 2.04. The van der Waals surface area contributed by atoms with Crippen LogP contribution in [-0.4, -0.2) is 41.2 Å². The van der Waals surface area contributed by atoms with E-state index >= 15 is 0 Å². The van der Waals surface area contributed by atoms with Crippen molar-refractivity contribution in [3.8, 4) is 0 Å². The highest BCUT2D eigenvalue weighted by atomic mass is 16.6. The lowest BCUT2D eigenvalue weighted by atomic mass is 10.4. The summed E-state index contributed by atoms with van der Waals surface area (Å²) in [4.78, 5) is 18.2. The molecule has 0 aromatic carbocycles. The second kappa shape index (κ2) is 7.38. The molecular formula is C10H17N5O3. The lowest BCUT2D eigenvalue weighted by molar-refractivity contribution is -0.384. The Labute approximate surface area is 105 Å². The summed E-state index contributed by atoms with van der Waals surface area (Å²) >= 11 is 0. The van der Waals surface area contributed by atoms with Crippen LogP contribution in [0.3, 0.4) is 0 Å². The van der Waals surface area contributed by atoms with Crippen molar-refractivity contribution in [3.05, 3.63) is 16.3 Å². The highest BCUT2D eigenvalue weighted by Crippen LogP contribution is 2.21. The van der Waals surface area contributed by atoms with Gasteiger partial charge in [0.1, 0.15) is 6.20 Å². The van der Waals surface area contributed by atoms with Gasteiger partial charge in [-0.15, -0.1) is 0 Å². The molecule has 8 heteroatoms. The van der Waals surface area contributed by atoms with Gasteiger partial charge in [0.2, 0.25) is 11.8 Å². The van der Waals surface area contributed by atoms with Gasteiger partial charge >= 0.3 is 5.69 Å². The first-order valence-corrected chi connectivity index (χ1v) is 5.76. The van der Waals surface area contributed by atoms with Gasteiger partial charge in [0.15, 0.2) is 0 Å². The van der Waals surface area contributed by atoms with Crippen molar-refractivity contribution in [2.75, 3.05) is 36.9 Å². The van der Waals surface area contributed by atoms with Gasteiger partial charge in [-0.1, -0.05) is 0 Å². The molecule has 0 spiro atoms. The second-order valence-corrected chi connectivity index (χ2v) is 3.34. The van der Waals surface area contributed by atoms with Crippen molar-refractivity contribution in [2.24, 2.45) is 0 Å². The van der Waals surface area contributed by atoms with Gasteiger partial charge in [-0.05, 0) is 13.8 Å². The number of anilines is 2. The molecule has 0 fully saturated rings. The van der Waals surface area contributed by atoms with Crippen molar-refractivity contribution < 1.29 is 9.66 Å². The Morgan fingerprint density at radius 3 is 2.83 bits per heavy atom. The van der Waals surface area contributed by atoms with Crippen LogP contribution >= 0.6 is 0 Å². The maximum Gasteiger partial charge on any atom is 0.329 e. The smallest absolute Gasteiger partial charge is 0.329 e. The standard InChI is InChI=1S/C10H17N5O3/c1-3-11-10-13-7-8(15(16)17)9(14-10)12-5-6-18-4-2/h7H,3-6H2,1-2H3,(H2,11,12,13,14). The van der Waals surface area contributed by atoms with Gasteiger partial charge in [0, 0.05) is 19.7 Å². The molecule has 0 aliphatic carbocycles. The second-order valence-electron chi connectivity index (χ2n) is 3.34. The van der Waals surface area contributed by atoms with E-state index < -0.39 is 4.92 Å². The maximum absolute atomic E-state index is 10.8. The first-order valence-electron chi connectivity index (χ1n) is 5.76. The zero-order valence-corrected chi connectivity index (χ0v) is 10.5. The van der Waals surface area contributed by atoms with Crippen molar-refractivity contribution >= 4 is 17.5 Å². The molecule has 8 nitrogen and oxygen atoms in total. The molecule has 0 atom stereocenters. The summed E-state index contributed by atoms with van der Waals surface area (Å²) in [5.74, 6) is 0.563. The third-order valence-corrected chi connectivity index (χ3v) is 2.04. The molecule has 0 unspecified atom stereocenters. The van der Waals surface area contributed by atoms with Crippen LogP contribution in [0.15, 0.2) is 6.20 Å². The molecule has 1 aromatic rings. The molecule has 0 amide bonds. The molecule has 2 N–H and O–H groups in total. The first-order chi connectivity index (χ1) is 8.69. The van der Waals surface area contributed by atoms with Crippen molar-refractivity contribution in [1.29, 1.82) is 0 Å². The Morgan fingerprint density at radius 2 is 2.22 bits per heavy atom. The molecule has 100 valence electrons. The quantitative estimate of drug-likeness (QED) is 0.409. The molecule has 0 radical (unpaired) electrons. The number of nitro groups is 1. The lowest BCUT2D eigenvalue weighted by Crippen LogP contribution is -2.13. The highest BCUT2D eigenvalue weighted by molar-refractivity contribution is 5.56. The number of ether oxygens (including phenoxy) is 1. The molecule has 1 heterocycles. The SMILES string of the molecule is CCNc1ncc([N+](=O)[O-])c(NCCOCC)n1. The molecule has 0 aliphatic heterocycles. The zero-order chi connectivity index (χ0) is 13.4. The predicted molar refractivity (Wildman–Crippen MR) is 67.8 cm³/mol. The van der Waals surface area contributed by atoms with Gasteiger partial charge in [0.05, 0.1) is 11.5 Å². The van der Waals surface area contributed by atoms with Crippen LogP contribution in [0.25, 0.3) is 0 Å². The van der Waals surface area contributed by atoms with Gasteiger partial charge in [0.25, 0.3) is 0 Å². The van der Waals surface area contributed by atoms with E-state index in [9.17, 15) is 10.1 Å². The van der Waals surface area contributed by atoms with E-state index in [0.717, 1.165) is 0 Å². The van der Waals surface area contributed by atoms with Gasteiger partial charge < -0.3 is 15.4 Å². The van der Waals surface area contributed by atoms with E-state index in [1.165, 1.54) is 6.20 Å². The van der Waals surface area contributed by atoms with Gasteiger partial charge in [-0.2, -0.15) is 4.98 Å². The first kappa shape index (κ1) is 14.1. The number of rotatable bonds is 8. The van der Waals surface area contributed by atoms with Gasteiger partial charge in [-0.25, -0.2) is 4.98 Å². The Hall–Kier alpha value is -1.96. The Balaban J connectivity index is 2.76. The molecule has 0 saturated carbocycles. The number of aromatic nitrogens is 2. The van der Waals surface area contributed by atoms with E-state index in [4.69, 9.17) is 4.74 Å². The van der Waals surface area contributed by atoms with Crippen LogP contribution < -0.4 is 10.6 Å². The number of hydrogen-bond donors (Lipinski definition) is 2. The Kier molecular flexibility index (Phi) is 5.78. The largest absolute Gasteiger partial charge is 0.380 e. The average molecular weight is 255 g/mol. The highest BCUT2D eigenvalue weighted by Gasteiger charge is 2.16. The predicted octanol–water partition coefficient (Wildman–Crippen LogP) is 1.26. The minimum Gasteiger partial charge on any atom is -0.380 e. The Morgan fingerprint density at radius 1 is 1.44 bits per heavy atom. The molecular weight excluding hydrogens is 238 g/mol. The van der Waals surface area contributed by atoms with Crippen LogP contribution in [0.2, 0.25) is 0 Å². The molecule has 1 rings (SSSR count). The number of nitrogens with zero attached hydrogens (tertiary/aromatic N) is 3. The van der Waals surface area contributed by atoms with Crippen molar-refractivity contribution in [2.45, 2.75) is 13.8 Å². The summed E-state index contributed by atoms with van der Waals surface area (Å²) in [6.07, 6.45) is 1.19. The fourth-order valence-corrected chi connectivity index (χ4v) is 1.27. The fraction of sp³-hybridized carbons (Fsp3) is 0.600. The summed E-state index contributed by atoms with van der Waals surface area (Å²) in [6.45, 7) is 5.96. The van der Waals surface area contributed by atoms with Crippen LogP contribution in [0.5, 0.6) is 0 Å². The normalized spacial score (nSPS) is 10.1. The minimum atomic E-state index is -0.515. The summed E-state index contributed by atoms with van der Waals surface area (Å²) in [7, 11) is 0. The Bertz CT molecular complexity index is 399. The molecule has 18 heavy (non-hydrogen) atoms. The molecule has 0 saturated heterocycles. The summed E-state index contributed by atoms with van der Waals surface area (Å²) in [5, 5.41) is 16.6. The molecule has 0 aliphatic rings. The maximum atomic E-state index is 10.8. The van der Waals surface area contributed by atoms with E-state index in [1.54, 1.807) is 0 Å². The number of hydrogen-bond acceptors (Lipinski definition) is 7. The number of nitrogens with one attached hydrogen (secondary N) is 2. The summed E-state index contributed by atoms with van der Waals surface area (Å²) in [5.41, 5.74) is -0.145. The molecule has 0 bridgehead atoms. The van der Waals surface area contributed by atoms with Gasteiger partial charge in [-0.3, -0.25) is 10.1 Å². The monoisotopic (exact) mass is 255 g/mol. The van der Waals surface area contributed by atoms with Crippen LogP contribution in [0, 0.1) is 10.1 Å². The van der Waals surface area contributed by atoms with E-state index in [1.807, 2.05) is 13.8 Å². The minimum absolute atomic E-state index is 0.145. The van der Waals surface area contributed by atoms with Crippen LogP contribution in [0.4, 0.5) is 17.5 Å².